The summed E-state index contributed by atoms with van der Waals surface area (Å²) in [5.41, 5.74) is 5.46. The number of pyridine rings is 1. The Hall–Kier alpha value is -2.15. The third kappa shape index (κ3) is 3.69. The summed E-state index contributed by atoms with van der Waals surface area (Å²) in [6.45, 7) is 1.81. The molecular weight excluding hydrogens is 301 g/mol. The van der Waals surface area contributed by atoms with Gasteiger partial charge in [-0.25, -0.2) is 0 Å². The van der Waals surface area contributed by atoms with Gasteiger partial charge in [0.1, 0.15) is 16.5 Å². The Bertz CT molecular complexity index is 669. The molecule has 0 saturated carbocycles. The number of hydrogen-bond donors (Lipinski definition) is 1. The summed E-state index contributed by atoms with van der Waals surface area (Å²) in [6, 6.07) is 6.36. The van der Waals surface area contributed by atoms with E-state index in [-0.39, 0.29) is 16.3 Å². The fourth-order valence-electron chi connectivity index (χ4n) is 1.63. The van der Waals surface area contributed by atoms with Gasteiger partial charge in [0.15, 0.2) is 0 Å². The molecule has 1 aromatic heterocycles. The first kappa shape index (κ1) is 15.2. The summed E-state index contributed by atoms with van der Waals surface area (Å²) in [7, 11) is 0. The van der Waals surface area contributed by atoms with E-state index >= 15 is 0 Å². The van der Waals surface area contributed by atoms with E-state index in [9.17, 15) is 13.2 Å². The number of aryl methyl sites for hydroxylation is 1. The van der Waals surface area contributed by atoms with Crippen molar-refractivity contribution in [1.29, 1.82) is 0 Å². The molecule has 3 nitrogen and oxygen atoms in total. The molecule has 7 heteroatoms. The third-order valence-electron chi connectivity index (χ3n) is 2.68. The zero-order valence-electron chi connectivity index (χ0n) is 10.9. The van der Waals surface area contributed by atoms with Crippen LogP contribution in [-0.2, 0) is 6.18 Å². The lowest BCUT2D eigenvalue weighted by molar-refractivity contribution is -0.137. The first-order valence-electron chi connectivity index (χ1n) is 5.89. The topological polar surface area (TPSA) is 48.1 Å². The van der Waals surface area contributed by atoms with Crippen LogP contribution in [0.3, 0.4) is 0 Å². The van der Waals surface area contributed by atoms with Crippen LogP contribution in [0.4, 0.5) is 13.2 Å². The number of hydrogen-bond acceptors (Lipinski definition) is 3. The normalized spacial score (nSPS) is 11.2. The van der Waals surface area contributed by atoms with E-state index in [0.29, 0.717) is 5.75 Å². The maximum Gasteiger partial charge on any atom is 0.416 e. The highest BCUT2D eigenvalue weighted by Crippen LogP contribution is 2.34. The van der Waals surface area contributed by atoms with Gasteiger partial charge in [0.05, 0.1) is 17.3 Å². The van der Waals surface area contributed by atoms with Gasteiger partial charge in [0.2, 0.25) is 0 Å². The van der Waals surface area contributed by atoms with Crippen molar-refractivity contribution in [1.82, 2.24) is 4.98 Å². The Kier molecular flexibility index (Phi) is 4.13. The van der Waals surface area contributed by atoms with Gasteiger partial charge in [-0.05, 0) is 37.3 Å². The first-order chi connectivity index (χ1) is 9.77. The van der Waals surface area contributed by atoms with Crippen molar-refractivity contribution >= 4 is 17.2 Å². The fourth-order valence-corrected chi connectivity index (χ4v) is 1.79. The second kappa shape index (κ2) is 5.69. The van der Waals surface area contributed by atoms with Crippen LogP contribution in [0.15, 0.2) is 36.5 Å². The zero-order chi connectivity index (χ0) is 15.6. The lowest BCUT2D eigenvalue weighted by Crippen LogP contribution is -2.13. The molecule has 0 fully saturated rings. The number of nitrogens with two attached hydrogens (primary N) is 1. The van der Waals surface area contributed by atoms with Gasteiger partial charge in [-0.3, -0.25) is 4.98 Å². The van der Waals surface area contributed by atoms with Crippen LogP contribution in [0.5, 0.6) is 11.5 Å². The summed E-state index contributed by atoms with van der Waals surface area (Å²) in [5.74, 6) is 0.541. The minimum Gasteiger partial charge on any atom is -0.455 e. The molecular formula is C14H11F3N2OS. The quantitative estimate of drug-likeness (QED) is 0.875. The highest BCUT2D eigenvalue weighted by Gasteiger charge is 2.31. The van der Waals surface area contributed by atoms with Crippen LogP contribution in [0.25, 0.3) is 0 Å². The van der Waals surface area contributed by atoms with Crippen molar-refractivity contribution in [2.45, 2.75) is 13.1 Å². The van der Waals surface area contributed by atoms with E-state index < -0.39 is 11.7 Å². The van der Waals surface area contributed by atoms with Crippen LogP contribution in [-0.4, -0.2) is 9.97 Å². The number of nitrogens with zero attached hydrogens (tertiary/aromatic N) is 1. The van der Waals surface area contributed by atoms with Gasteiger partial charge >= 0.3 is 6.18 Å². The monoisotopic (exact) mass is 312 g/mol. The molecule has 2 rings (SSSR count). The minimum atomic E-state index is -4.47. The number of aromatic nitrogens is 1. The molecule has 2 aromatic rings. The van der Waals surface area contributed by atoms with E-state index in [1.165, 1.54) is 12.3 Å². The number of rotatable bonds is 3. The predicted octanol–water partition coefficient (Wildman–Crippen LogP) is 3.84. The van der Waals surface area contributed by atoms with Crippen molar-refractivity contribution in [2.75, 3.05) is 0 Å². The molecule has 2 N–H and O–H groups in total. The molecule has 0 spiro atoms. The molecule has 0 aliphatic heterocycles. The molecule has 0 bridgehead atoms. The molecule has 0 atom stereocenters. The second-order valence-electron chi connectivity index (χ2n) is 4.31. The van der Waals surface area contributed by atoms with Crippen molar-refractivity contribution < 1.29 is 17.9 Å². The van der Waals surface area contributed by atoms with Crippen LogP contribution < -0.4 is 10.5 Å². The maximum absolute atomic E-state index is 12.7. The van der Waals surface area contributed by atoms with Crippen molar-refractivity contribution in [2.24, 2.45) is 5.73 Å². The molecule has 0 radical (unpaired) electrons. The standard InChI is InChI=1S/C14H11F3N2OS/c1-8-2-4-10(7-19-8)20-12-5-3-9(14(15,16)17)6-11(12)13(18)21/h2-7H,1H3,(H2,18,21). The zero-order valence-corrected chi connectivity index (χ0v) is 11.8. The Morgan fingerprint density at radius 1 is 1.24 bits per heavy atom. The third-order valence-corrected chi connectivity index (χ3v) is 2.90. The second-order valence-corrected chi connectivity index (χ2v) is 4.75. The highest BCUT2D eigenvalue weighted by atomic mass is 32.1. The Balaban J connectivity index is 2.39. The van der Waals surface area contributed by atoms with E-state index in [2.05, 4.69) is 4.98 Å². The lowest BCUT2D eigenvalue weighted by atomic mass is 10.1. The molecule has 0 saturated heterocycles. The Morgan fingerprint density at radius 2 is 1.95 bits per heavy atom. The van der Waals surface area contributed by atoms with Crippen molar-refractivity contribution in [3.8, 4) is 11.5 Å². The van der Waals surface area contributed by atoms with E-state index in [1.807, 2.05) is 6.92 Å². The van der Waals surface area contributed by atoms with Crippen LogP contribution in [0, 0.1) is 6.92 Å². The van der Waals surface area contributed by atoms with Gasteiger partial charge in [-0.15, -0.1) is 0 Å². The molecule has 0 aliphatic rings. The summed E-state index contributed by atoms with van der Waals surface area (Å²) in [4.78, 5) is 3.87. The average molecular weight is 312 g/mol. The van der Waals surface area contributed by atoms with Gasteiger partial charge in [-0.2, -0.15) is 13.2 Å². The Labute approximate surface area is 124 Å². The number of alkyl halides is 3. The van der Waals surface area contributed by atoms with Gasteiger partial charge in [0, 0.05) is 5.69 Å². The van der Waals surface area contributed by atoms with E-state index in [0.717, 1.165) is 17.8 Å². The maximum atomic E-state index is 12.7. The first-order valence-corrected chi connectivity index (χ1v) is 6.30. The van der Waals surface area contributed by atoms with Gasteiger partial charge in [-0.1, -0.05) is 12.2 Å². The van der Waals surface area contributed by atoms with Gasteiger partial charge < -0.3 is 10.5 Å². The molecule has 1 heterocycles. The van der Waals surface area contributed by atoms with Crippen LogP contribution in [0.2, 0.25) is 0 Å². The van der Waals surface area contributed by atoms with E-state index in [4.69, 9.17) is 22.7 Å². The Morgan fingerprint density at radius 3 is 2.48 bits per heavy atom. The van der Waals surface area contributed by atoms with Crippen molar-refractivity contribution in [3.63, 3.8) is 0 Å². The van der Waals surface area contributed by atoms with Gasteiger partial charge in [0.25, 0.3) is 0 Å². The van der Waals surface area contributed by atoms with Crippen LogP contribution in [0.1, 0.15) is 16.8 Å². The molecule has 0 amide bonds. The SMILES string of the molecule is Cc1ccc(Oc2ccc(C(F)(F)F)cc2C(N)=S)cn1. The molecule has 0 aliphatic carbocycles. The smallest absolute Gasteiger partial charge is 0.416 e. The summed E-state index contributed by atoms with van der Waals surface area (Å²) < 4.78 is 43.6. The number of halogens is 3. The fraction of sp³-hybridized carbons (Fsp3) is 0.143. The predicted molar refractivity (Wildman–Crippen MR) is 76.4 cm³/mol. The average Bonchev–Trinajstić information content (AvgIpc) is 2.40. The van der Waals surface area contributed by atoms with Crippen LogP contribution >= 0.6 is 12.2 Å². The van der Waals surface area contributed by atoms with E-state index in [1.54, 1.807) is 12.1 Å². The largest absolute Gasteiger partial charge is 0.455 e. The molecule has 1 aromatic carbocycles. The lowest BCUT2D eigenvalue weighted by Gasteiger charge is -2.13. The minimum absolute atomic E-state index is 0.0281. The van der Waals surface area contributed by atoms with Crippen molar-refractivity contribution in [3.05, 3.63) is 53.3 Å². The number of ether oxygens (including phenoxy) is 1. The molecule has 0 unspecified atom stereocenters. The number of thiocarbonyl (C=S) groups is 1. The molecule has 110 valence electrons. The summed E-state index contributed by atoms with van der Waals surface area (Å²) in [6.07, 6.45) is -3.00. The molecule has 21 heavy (non-hydrogen) atoms. The summed E-state index contributed by atoms with van der Waals surface area (Å²) >= 11 is 4.78. The highest BCUT2D eigenvalue weighted by molar-refractivity contribution is 7.80. The number of benzene rings is 1. The summed E-state index contributed by atoms with van der Waals surface area (Å²) in [5, 5.41) is 0.